The fraction of sp³-hybridized carbons (Fsp3) is 0.263. The van der Waals surface area contributed by atoms with Gasteiger partial charge in [0.15, 0.2) is 0 Å². The largest absolute Gasteiger partial charge is 0.492 e. The molecule has 1 N–H and O–H groups in total. The molecule has 28 heavy (non-hydrogen) atoms. The number of nitro groups is 1. The molecular weight excluding hydrogens is 386 g/mol. The van der Waals surface area contributed by atoms with Gasteiger partial charge in [0.05, 0.1) is 23.1 Å². The number of ether oxygens (including phenoxy) is 1. The van der Waals surface area contributed by atoms with Gasteiger partial charge in [-0.25, -0.2) is 0 Å². The van der Waals surface area contributed by atoms with Crippen LogP contribution in [0.3, 0.4) is 0 Å². The molecule has 2 amide bonds. The second kappa shape index (κ2) is 8.26. The van der Waals surface area contributed by atoms with Gasteiger partial charge in [0.2, 0.25) is 11.8 Å². The van der Waals surface area contributed by atoms with E-state index >= 15 is 0 Å². The predicted molar refractivity (Wildman–Crippen MR) is 105 cm³/mol. The van der Waals surface area contributed by atoms with Crippen LogP contribution in [-0.4, -0.2) is 29.9 Å². The Morgan fingerprint density at radius 1 is 1.36 bits per heavy atom. The fourth-order valence-electron chi connectivity index (χ4n) is 3.07. The lowest BCUT2D eigenvalue weighted by Gasteiger charge is -2.20. The molecule has 9 heteroatoms. The first kappa shape index (κ1) is 19.6. The van der Waals surface area contributed by atoms with Crippen LogP contribution in [0.5, 0.6) is 5.75 Å². The van der Waals surface area contributed by atoms with Crippen LogP contribution in [0.4, 0.5) is 17.1 Å². The number of hydrogen-bond donors (Lipinski definition) is 1. The molecular formula is C19H18ClN3O5. The van der Waals surface area contributed by atoms with Crippen LogP contribution in [0.2, 0.25) is 5.02 Å². The second-order valence-electron chi connectivity index (χ2n) is 6.21. The van der Waals surface area contributed by atoms with Gasteiger partial charge in [-0.3, -0.25) is 19.7 Å². The summed E-state index contributed by atoms with van der Waals surface area (Å²) in [7, 11) is 0. The van der Waals surface area contributed by atoms with Gasteiger partial charge in [-0.15, -0.1) is 0 Å². The van der Waals surface area contributed by atoms with Crippen molar-refractivity contribution >= 4 is 40.5 Å². The van der Waals surface area contributed by atoms with Gasteiger partial charge in [0.25, 0.3) is 5.69 Å². The van der Waals surface area contributed by atoms with Gasteiger partial charge in [0, 0.05) is 24.1 Å². The lowest BCUT2D eigenvalue weighted by Crippen LogP contribution is -2.28. The van der Waals surface area contributed by atoms with Crippen LogP contribution in [0.15, 0.2) is 42.5 Å². The Bertz CT molecular complexity index is 934. The smallest absolute Gasteiger partial charge is 0.294 e. The average molecular weight is 404 g/mol. The highest BCUT2D eigenvalue weighted by Gasteiger charge is 2.36. The Kier molecular flexibility index (Phi) is 5.79. The number of benzene rings is 2. The summed E-state index contributed by atoms with van der Waals surface area (Å²) in [5.41, 5.74) is 0.339. The Hall–Kier alpha value is -3.13. The minimum absolute atomic E-state index is 0.00762. The summed E-state index contributed by atoms with van der Waals surface area (Å²) < 4.78 is 5.56. The highest BCUT2D eigenvalue weighted by molar-refractivity contribution is 6.31. The SMILES string of the molecule is CCOc1ccccc1N1CC(C(=O)Nc2ccc(Cl)cc2[N+](=O)[O-])CC1=O. The van der Waals surface area contributed by atoms with Crippen molar-refractivity contribution < 1.29 is 19.2 Å². The summed E-state index contributed by atoms with van der Waals surface area (Å²) in [6, 6.07) is 11.1. The number of para-hydroxylation sites is 2. The number of amides is 2. The Morgan fingerprint density at radius 2 is 2.11 bits per heavy atom. The Balaban J connectivity index is 1.77. The number of rotatable bonds is 6. The highest BCUT2D eigenvalue weighted by Crippen LogP contribution is 2.34. The van der Waals surface area contributed by atoms with Crippen molar-refractivity contribution in [3.63, 3.8) is 0 Å². The maximum atomic E-state index is 12.6. The summed E-state index contributed by atoms with van der Waals surface area (Å²) in [4.78, 5) is 37.2. The van der Waals surface area contributed by atoms with E-state index in [9.17, 15) is 19.7 Å². The quantitative estimate of drug-likeness (QED) is 0.586. The van der Waals surface area contributed by atoms with Gasteiger partial charge in [0.1, 0.15) is 11.4 Å². The molecule has 0 spiro atoms. The molecule has 1 heterocycles. The molecule has 1 saturated heterocycles. The van der Waals surface area contributed by atoms with Crippen molar-refractivity contribution in [1.29, 1.82) is 0 Å². The van der Waals surface area contributed by atoms with E-state index in [1.807, 2.05) is 6.92 Å². The third kappa shape index (κ3) is 4.07. The Labute approximate surface area is 166 Å². The monoisotopic (exact) mass is 403 g/mol. The number of nitrogens with one attached hydrogen (secondary N) is 1. The lowest BCUT2D eigenvalue weighted by molar-refractivity contribution is -0.383. The van der Waals surface area contributed by atoms with Crippen LogP contribution < -0.4 is 15.0 Å². The maximum absolute atomic E-state index is 12.6. The molecule has 1 aliphatic heterocycles. The normalized spacial score (nSPS) is 16.1. The van der Waals surface area contributed by atoms with Crippen molar-refractivity contribution in [2.45, 2.75) is 13.3 Å². The first-order valence-corrected chi connectivity index (χ1v) is 9.05. The molecule has 0 saturated carbocycles. The topological polar surface area (TPSA) is 102 Å². The molecule has 0 aromatic heterocycles. The predicted octanol–water partition coefficient (Wildman–Crippen LogP) is 3.64. The van der Waals surface area contributed by atoms with Gasteiger partial charge in [-0.1, -0.05) is 23.7 Å². The molecule has 0 bridgehead atoms. The number of hydrogen-bond acceptors (Lipinski definition) is 5. The molecule has 8 nitrogen and oxygen atoms in total. The van der Waals surface area contributed by atoms with Gasteiger partial charge in [-0.2, -0.15) is 0 Å². The minimum atomic E-state index is -0.641. The summed E-state index contributed by atoms with van der Waals surface area (Å²) in [5.74, 6) is -0.752. The van der Waals surface area contributed by atoms with E-state index in [1.165, 1.54) is 23.1 Å². The van der Waals surface area contributed by atoms with E-state index < -0.39 is 16.7 Å². The zero-order valence-corrected chi connectivity index (χ0v) is 15.8. The van der Waals surface area contributed by atoms with Crippen molar-refractivity contribution in [2.75, 3.05) is 23.4 Å². The zero-order chi connectivity index (χ0) is 20.3. The number of halogens is 1. The molecule has 2 aromatic carbocycles. The van der Waals surface area contributed by atoms with Gasteiger partial charge in [-0.05, 0) is 31.2 Å². The summed E-state index contributed by atoms with van der Waals surface area (Å²) in [5, 5.41) is 13.9. The number of nitro benzene ring substituents is 1. The van der Waals surface area contributed by atoms with Crippen LogP contribution in [0, 0.1) is 16.0 Å². The van der Waals surface area contributed by atoms with E-state index in [4.69, 9.17) is 16.3 Å². The van der Waals surface area contributed by atoms with Crippen molar-refractivity contribution in [3.05, 3.63) is 57.6 Å². The highest BCUT2D eigenvalue weighted by atomic mass is 35.5. The number of carbonyl (C=O) groups excluding carboxylic acids is 2. The lowest BCUT2D eigenvalue weighted by atomic mass is 10.1. The molecule has 146 valence electrons. The van der Waals surface area contributed by atoms with E-state index in [-0.39, 0.29) is 35.3 Å². The first-order valence-electron chi connectivity index (χ1n) is 8.67. The molecule has 3 rings (SSSR count). The van der Waals surface area contributed by atoms with Crippen molar-refractivity contribution in [3.8, 4) is 5.75 Å². The maximum Gasteiger partial charge on any atom is 0.294 e. The number of carbonyl (C=O) groups is 2. The summed E-state index contributed by atoms with van der Waals surface area (Å²) in [6.07, 6.45) is 0.00762. The fourth-order valence-corrected chi connectivity index (χ4v) is 3.24. The van der Waals surface area contributed by atoms with E-state index in [0.717, 1.165) is 0 Å². The van der Waals surface area contributed by atoms with Crippen molar-refractivity contribution in [1.82, 2.24) is 0 Å². The van der Waals surface area contributed by atoms with Gasteiger partial charge < -0.3 is 15.0 Å². The first-order chi connectivity index (χ1) is 13.4. The van der Waals surface area contributed by atoms with Crippen LogP contribution >= 0.6 is 11.6 Å². The molecule has 2 aromatic rings. The van der Waals surface area contributed by atoms with E-state index in [1.54, 1.807) is 24.3 Å². The van der Waals surface area contributed by atoms with E-state index in [0.29, 0.717) is 18.0 Å². The van der Waals surface area contributed by atoms with Crippen molar-refractivity contribution in [2.24, 2.45) is 5.92 Å². The summed E-state index contributed by atoms with van der Waals surface area (Å²) in [6.45, 7) is 2.46. The molecule has 0 aliphatic carbocycles. The Morgan fingerprint density at radius 3 is 2.82 bits per heavy atom. The van der Waals surface area contributed by atoms with Crippen LogP contribution in [0.1, 0.15) is 13.3 Å². The molecule has 1 aliphatic rings. The molecule has 0 radical (unpaired) electrons. The third-order valence-electron chi connectivity index (χ3n) is 4.37. The zero-order valence-electron chi connectivity index (χ0n) is 15.1. The minimum Gasteiger partial charge on any atom is -0.492 e. The average Bonchev–Trinajstić information content (AvgIpc) is 3.05. The molecule has 1 atom stereocenters. The second-order valence-corrected chi connectivity index (χ2v) is 6.65. The van der Waals surface area contributed by atoms with Gasteiger partial charge >= 0.3 is 0 Å². The third-order valence-corrected chi connectivity index (χ3v) is 4.60. The number of nitrogens with zero attached hydrogens (tertiary/aromatic N) is 2. The number of anilines is 2. The van der Waals surface area contributed by atoms with E-state index in [2.05, 4.69) is 5.32 Å². The summed E-state index contributed by atoms with van der Waals surface area (Å²) >= 11 is 5.79. The molecule has 1 fully saturated rings. The standard InChI is InChI=1S/C19H18ClN3O5/c1-2-28-17-6-4-3-5-15(17)22-11-12(9-18(22)24)19(25)21-14-8-7-13(20)10-16(14)23(26)27/h3-8,10,12H,2,9,11H2,1H3,(H,21,25). The van der Waals surface area contributed by atoms with Crippen LogP contribution in [0.25, 0.3) is 0 Å². The van der Waals surface area contributed by atoms with Crippen LogP contribution in [-0.2, 0) is 9.59 Å². The molecule has 1 unspecified atom stereocenters.